The lowest BCUT2D eigenvalue weighted by Gasteiger charge is -2.32. The second-order valence-corrected chi connectivity index (χ2v) is 7.81. The topological polar surface area (TPSA) is 66.5 Å². The van der Waals surface area contributed by atoms with Crippen LogP contribution in [-0.2, 0) is 13.6 Å². The zero-order valence-electron chi connectivity index (χ0n) is 16.0. The minimum absolute atomic E-state index is 0.0459. The summed E-state index contributed by atoms with van der Waals surface area (Å²) in [5.74, 6) is 1.69. The summed E-state index contributed by atoms with van der Waals surface area (Å²) in [5, 5.41) is 7.91. The molecular formula is C20H29N5O2. The Hall–Kier alpha value is -2.12. The minimum Gasteiger partial charge on any atom is -0.468 e. The Morgan fingerprint density at radius 2 is 2.11 bits per heavy atom. The Balaban J connectivity index is 1.19. The van der Waals surface area contributed by atoms with Gasteiger partial charge in [-0.25, -0.2) is 4.68 Å². The van der Waals surface area contributed by atoms with Crippen molar-refractivity contribution in [3.05, 3.63) is 46.8 Å². The van der Waals surface area contributed by atoms with Gasteiger partial charge in [-0.05, 0) is 43.9 Å². The van der Waals surface area contributed by atoms with E-state index in [0.717, 1.165) is 50.7 Å². The highest BCUT2D eigenvalue weighted by Crippen LogP contribution is 2.22. The molecule has 2 aliphatic heterocycles. The second kappa shape index (κ2) is 8.27. The van der Waals surface area contributed by atoms with Crippen LogP contribution < -0.4 is 15.8 Å². The van der Waals surface area contributed by atoms with Crippen LogP contribution in [0.3, 0.4) is 0 Å². The van der Waals surface area contributed by atoms with Crippen LogP contribution in [0.4, 0.5) is 5.69 Å². The van der Waals surface area contributed by atoms with E-state index >= 15 is 0 Å². The first kappa shape index (κ1) is 18.3. The van der Waals surface area contributed by atoms with Crippen LogP contribution in [-0.4, -0.2) is 53.4 Å². The lowest BCUT2D eigenvalue weighted by molar-refractivity contribution is 0.177. The number of hydrogen-bond acceptors (Lipinski definition) is 6. The Morgan fingerprint density at radius 3 is 2.85 bits per heavy atom. The maximum absolute atomic E-state index is 11.8. The van der Waals surface area contributed by atoms with Gasteiger partial charge in [0.05, 0.1) is 24.7 Å². The van der Waals surface area contributed by atoms with Crippen LogP contribution in [0.25, 0.3) is 0 Å². The third kappa shape index (κ3) is 4.59. The fourth-order valence-corrected chi connectivity index (χ4v) is 4.12. The third-order valence-electron chi connectivity index (χ3n) is 5.85. The number of hydrogen-bond donors (Lipinski definition) is 1. The minimum atomic E-state index is -0.0459. The normalized spacial score (nSPS) is 21.8. The SMILES string of the molecule is Cn1ncc(N2CCC(CNC3CCN(Cc4ccco4)CC3)C2)cc1=O. The number of anilines is 1. The molecule has 1 atom stereocenters. The van der Waals surface area contributed by atoms with Gasteiger partial charge in [-0.1, -0.05) is 0 Å². The summed E-state index contributed by atoms with van der Waals surface area (Å²) >= 11 is 0. The van der Waals surface area contributed by atoms with Gasteiger partial charge in [-0.15, -0.1) is 0 Å². The first-order chi connectivity index (χ1) is 13.2. The number of aryl methyl sites for hydroxylation is 1. The van der Waals surface area contributed by atoms with Crippen molar-refractivity contribution < 1.29 is 4.42 Å². The molecular weight excluding hydrogens is 342 g/mol. The first-order valence-corrected chi connectivity index (χ1v) is 9.94. The first-order valence-electron chi connectivity index (χ1n) is 9.94. The standard InChI is InChI=1S/C20H29N5O2/c1-23-20(26)11-18(13-22-23)25-9-4-16(14-25)12-21-17-5-7-24(8-6-17)15-19-3-2-10-27-19/h2-3,10-11,13,16-17,21H,4-9,12,14-15H2,1H3. The van der Waals surface area contributed by atoms with E-state index in [9.17, 15) is 4.79 Å². The van der Waals surface area contributed by atoms with Gasteiger partial charge in [-0.2, -0.15) is 5.10 Å². The Labute approximate surface area is 159 Å². The lowest BCUT2D eigenvalue weighted by atomic mass is 10.0. The molecule has 1 unspecified atom stereocenters. The molecule has 2 aromatic heterocycles. The maximum atomic E-state index is 11.8. The molecule has 0 radical (unpaired) electrons. The fourth-order valence-electron chi connectivity index (χ4n) is 4.12. The predicted octanol–water partition coefficient (Wildman–Crippen LogP) is 1.45. The largest absolute Gasteiger partial charge is 0.468 e. The number of piperidine rings is 1. The van der Waals surface area contributed by atoms with Crippen molar-refractivity contribution in [3.8, 4) is 0 Å². The van der Waals surface area contributed by atoms with E-state index in [1.165, 1.54) is 23.9 Å². The van der Waals surface area contributed by atoms with E-state index in [1.54, 1.807) is 25.6 Å². The third-order valence-corrected chi connectivity index (χ3v) is 5.85. The fraction of sp³-hybridized carbons (Fsp3) is 0.600. The van der Waals surface area contributed by atoms with Crippen molar-refractivity contribution in [1.29, 1.82) is 0 Å². The highest BCUT2D eigenvalue weighted by molar-refractivity contribution is 5.44. The second-order valence-electron chi connectivity index (χ2n) is 7.81. The molecule has 0 spiro atoms. The molecule has 7 nitrogen and oxygen atoms in total. The van der Waals surface area contributed by atoms with Gasteiger partial charge in [0.15, 0.2) is 0 Å². The summed E-state index contributed by atoms with van der Waals surface area (Å²) in [6.45, 7) is 6.21. The summed E-state index contributed by atoms with van der Waals surface area (Å²) in [7, 11) is 1.68. The van der Waals surface area contributed by atoms with Crippen molar-refractivity contribution in [2.75, 3.05) is 37.6 Å². The molecule has 0 bridgehead atoms. The zero-order valence-corrected chi connectivity index (χ0v) is 16.0. The average Bonchev–Trinajstić information content (AvgIpc) is 3.35. The molecule has 0 aliphatic carbocycles. The van der Waals surface area contributed by atoms with Crippen LogP contribution in [0.1, 0.15) is 25.0 Å². The molecule has 4 heterocycles. The van der Waals surface area contributed by atoms with Crippen molar-refractivity contribution >= 4 is 5.69 Å². The van der Waals surface area contributed by atoms with Gasteiger partial charge in [0.25, 0.3) is 5.56 Å². The van der Waals surface area contributed by atoms with Crippen molar-refractivity contribution in [2.45, 2.75) is 31.8 Å². The summed E-state index contributed by atoms with van der Waals surface area (Å²) in [5.41, 5.74) is 0.905. The van der Waals surface area contributed by atoms with E-state index < -0.39 is 0 Å². The molecule has 0 amide bonds. The molecule has 2 saturated heterocycles. The summed E-state index contributed by atoms with van der Waals surface area (Å²) in [6, 6.07) is 6.31. The Bertz CT molecular complexity index is 780. The number of likely N-dealkylation sites (tertiary alicyclic amines) is 1. The Morgan fingerprint density at radius 1 is 1.26 bits per heavy atom. The molecule has 1 N–H and O–H groups in total. The lowest BCUT2D eigenvalue weighted by Crippen LogP contribution is -2.43. The molecule has 27 heavy (non-hydrogen) atoms. The van der Waals surface area contributed by atoms with E-state index in [1.807, 2.05) is 12.1 Å². The maximum Gasteiger partial charge on any atom is 0.268 e. The van der Waals surface area contributed by atoms with Gasteiger partial charge < -0.3 is 14.6 Å². The molecule has 2 fully saturated rings. The van der Waals surface area contributed by atoms with Gasteiger partial charge in [0, 0.05) is 45.3 Å². The molecule has 2 aromatic rings. The highest BCUT2D eigenvalue weighted by Gasteiger charge is 2.25. The number of aromatic nitrogens is 2. The van der Waals surface area contributed by atoms with Crippen molar-refractivity contribution in [2.24, 2.45) is 13.0 Å². The van der Waals surface area contributed by atoms with Crippen molar-refractivity contribution in [1.82, 2.24) is 20.0 Å². The van der Waals surface area contributed by atoms with Crippen LogP contribution in [0.5, 0.6) is 0 Å². The molecule has 2 aliphatic rings. The van der Waals surface area contributed by atoms with Crippen LogP contribution in [0, 0.1) is 5.92 Å². The summed E-state index contributed by atoms with van der Waals surface area (Å²) in [6.07, 6.45) is 7.09. The molecule has 4 rings (SSSR count). The number of rotatable bonds is 6. The number of furan rings is 1. The molecule has 0 saturated carbocycles. The summed E-state index contributed by atoms with van der Waals surface area (Å²) in [4.78, 5) is 16.5. The summed E-state index contributed by atoms with van der Waals surface area (Å²) < 4.78 is 6.82. The van der Waals surface area contributed by atoms with Crippen LogP contribution in [0.15, 0.2) is 39.9 Å². The van der Waals surface area contributed by atoms with E-state index in [4.69, 9.17) is 4.42 Å². The average molecular weight is 371 g/mol. The van der Waals surface area contributed by atoms with E-state index in [0.29, 0.717) is 12.0 Å². The molecule has 7 heteroatoms. The van der Waals surface area contributed by atoms with Gasteiger partial charge >= 0.3 is 0 Å². The molecule has 0 aromatic carbocycles. The quantitative estimate of drug-likeness (QED) is 0.829. The smallest absolute Gasteiger partial charge is 0.268 e. The predicted molar refractivity (Wildman–Crippen MR) is 105 cm³/mol. The van der Waals surface area contributed by atoms with Crippen molar-refractivity contribution in [3.63, 3.8) is 0 Å². The van der Waals surface area contributed by atoms with Crippen LogP contribution >= 0.6 is 0 Å². The van der Waals surface area contributed by atoms with Gasteiger partial charge in [0.1, 0.15) is 5.76 Å². The van der Waals surface area contributed by atoms with E-state index in [-0.39, 0.29) is 5.56 Å². The molecule has 146 valence electrons. The van der Waals surface area contributed by atoms with E-state index in [2.05, 4.69) is 20.2 Å². The number of nitrogens with zero attached hydrogens (tertiary/aromatic N) is 4. The van der Waals surface area contributed by atoms with Crippen LogP contribution in [0.2, 0.25) is 0 Å². The highest BCUT2D eigenvalue weighted by atomic mass is 16.3. The Kier molecular flexibility index (Phi) is 5.59. The number of nitrogens with one attached hydrogen (secondary N) is 1. The monoisotopic (exact) mass is 371 g/mol. The zero-order chi connectivity index (χ0) is 18.6. The van der Waals surface area contributed by atoms with Gasteiger partial charge in [-0.3, -0.25) is 9.69 Å². The van der Waals surface area contributed by atoms with Gasteiger partial charge in [0.2, 0.25) is 0 Å².